The fraction of sp³-hybridized carbons (Fsp3) is 0.929. The fourth-order valence-corrected chi connectivity index (χ4v) is 3.24. The number of aliphatic hydroxyl groups excluding tert-OH is 1. The molecule has 4 nitrogen and oxygen atoms in total. The summed E-state index contributed by atoms with van der Waals surface area (Å²) in [5.41, 5.74) is 0. The number of nitrogens with one attached hydrogen (secondary N) is 2. The first-order chi connectivity index (χ1) is 8.79. The molecular formula is C14H26N2O2. The quantitative estimate of drug-likeness (QED) is 0.690. The molecule has 0 spiro atoms. The maximum absolute atomic E-state index is 11.9. The number of amides is 1. The van der Waals surface area contributed by atoms with Gasteiger partial charge in [0.2, 0.25) is 5.91 Å². The molecule has 18 heavy (non-hydrogen) atoms. The van der Waals surface area contributed by atoms with E-state index in [2.05, 4.69) is 10.6 Å². The molecular weight excluding hydrogens is 228 g/mol. The molecule has 2 saturated carbocycles. The first-order valence-corrected chi connectivity index (χ1v) is 7.43. The second kappa shape index (κ2) is 7.10. The Hall–Kier alpha value is -0.610. The van der Waals surface area contributed by atoms with Gasteiger partial charge in [-0.15, -0.1) is 0 Å². The van der Waals surface area contributed by atoms with Gasteiger partial charge in [0, 0.05) is 24.6 Å². The zero-order valence-corrected chi connectivity index (χ0v) is 11.2. The van der Waals surface area contributed by atoms with Gasteiger partial charge in [0.05, 0.1) is 6.54 Å². The molecule has 2 unspecified atom stereocenters. The Morgan fingerprint density at radius 1 is 1.06 bits per heavy atom. The summed E-state index contributed by atoms with van der Waals surface area (Å²) in [6, 6.07) is 0.720. The van der Waals surface area contributed by atoms with Crippen molar-refractivity contribution < 1.29 is 9.90 Å². The molecule has 0 radical (unpaired) electrons. The molecule has 104 valence electrons. The predicted molar refractivity (Wildman–Crippen MR) is 71.2 cm³/mol. The van der Waals surface area contributed by atoms with Crippen LogP contribution in [0.2, 0.25) is 0 Å². The van der Waals surface area contributed by atoms with Gasteiger partial charge in [-0.1, -0.05) is 25.7 Å². The highest BCUT2D eigenvalue weighted by Gasteiger charge is 2.26. The molecule has 2 fully saturated rings. The lowest BCUT2D eigenvalue weighted by atomic mass is 9.85. The van der Waals surface area contributed by atoms with Crippen LogP contribution >= 0.6 is 0 Å². The summed E-state index contributed by atoms with van der Waals surface area (Å²) in [6.07, 6.45) is 9.38. The monoisotopic (exact) mass is 254 g/mol. The van der Waals surface area contributed by atoms with Crippen LogP contribution in [0.15, 0.2) is 0 Å². The lowest BCUT2D eigenvalue weighted by molar-refractivity contribution is -0.121. The van der Waals surface area contributed by atoms with Crippen LogP contribution in [-0.4, -0.2) is 36.2 Å². The second-order valence-electron chi connectivity index (χ2n) is 5.76. The highest BCUT2D eigenvalue weighted by atomic mass is 16.3. The first kappa shape index (κ1) is 13.8. The van der Waals surface area contributed by atoms with E-state index in [1.165, 1.54) is 32.1 Å². The Morgan fingerprint density at radius 2 is 1.72 bits per heavy atom. The van der Waals surface area contributed by atoms with Gasteiger partial charge in [0.1, 0.15) is 0 Å². The van der Waals surface area contributed by atoms with Crippen molar-refractivity contribution in [1.29, 1.82) is 0 Å². The average Bonchev–Trinajstić information content (AvgIpc) is 2.90. The summed E-state index contributed by atoms with van der Waals surface area (Å²) in [6.45, 7) is 0.625. The molecule has 0 bridgehead atoms. The molecule has 2 aliphatic rings. The Kier molecular flexibility index (Phi) is 5.45. The molecule has 0 aromatic carbocycles. The molecule has 0 saturated heterocycles. The minimum absolute atomic E-state index is 0.0900. The molecule has 0 aliphatic heterocycles. The SMILES string of the molecule is O=C(CNC1CCCC1)NC1CCCCC1CO. The zero-order valence-electron chi connectivity index (χ0n) is 11.2. The van der Waals surface area contributed by atoms with E-state index in [9.17, 15) is 9.90 Å². The van der Waals surface area contributed by atoms with E-state index in [0.29, 0.717) is 12.6 Å². The van der Waals surface area contributed by atoms with Crippen LogP contribution in [0.25, 0.3) is 0 Å². The molecule has 2 atom stereocenters. The predicted octanol–water partition coefficient (Wildman–Crippen LogP) is 1.19. The van der Waals surface area contributed by atoms with Crippen LogP contribution in [0.5, 0.6) is 0 Å². The van der Waals surface area contributed by atoms with Crippen LogP contribution in [0.1, 0.15) is 51.4 Å². The molecule has 3 N–H and O–H groups in total. The molecule has 2 aliphatic carbocycles. The average molecular weight is 254 g/mol. The van der Waals surface area contributed by atoms with Crippen LogP contribution < -0.4 is 10.6 Å². The van der Waals surface area contributed by atoms with Gasteiger partial charge >= 0.3 is 0 Å². The third-order valence-corrected chi connectivity index (χ3v) is 4.40. The van der Waals surface area contributed by atoms with Crippen LogP contribution in [-0.2, 0) is 4.79 Å². The van der Waals surface area contributed by atoms with Crippen LogP contribution in [0.3, 0.4) is 0 Å². The third kappa shape index (κ3) is 3.95. The van der Waals surface area contributed by atoms with Crippen molar-refractivity contribution in [1.82, 2.24) is 10.6 Å². The summed E-state index contributed by atoms with van der Waals surface area (Å²) in [7, 11) is 0. The van der Waals surface area contributed by atoms with E-state index in [0.717, 1.165) is 19.3 Å². The number of aliphatic hydroxyl groups is 1. The Bertz CT molecular complexity index is 265. The van der Waals surface area contributed by atoms with Crippen molar-refractivity contribution in [2.75, 3.05) is 13.2 Å². The molecule has 0 aromatic rings. The molecule has 2 rings (SSSR count). The summed E-state index contributed by atoms with van der Waals surface area (Å²) in [4.78, 5) is 11.9. The van der Waals surface area contributed by atoms with E-state index >= 15 is 0 Å². The summed E-state index contributed by atoms with van der Waals surface area (Å²) in [5.74, 6) is 0.349. The van der Waals surface area contributed by atoms with Crippen LogP contribution in [0, 0.1) is 5.92 Å². The minimum atomic E-state index is 0.0900. The highest BCUT2D eigenvalue weighted by molar-refractivity contribution is 5.78. The highest BCUT2D eigenvalue weighted by Crippen LogP contribution is 2.23. The van der Waals surface area contributed by atoms with E-state index in [1.54, 1.807) is 0 Å². The van der Waals surface area contributed by atoms with Gasteiger partial charge in [0.25, 0.3) is 0 Å². The van der Waals surface area contributed by atoms with Crippen molar-refractivity contribution in [2.24, 2.45) is 5.92 Å². The van der Waals surface area contributed by atoms with E-state index in [-0.39, 0.29) is 24.5 Å². The number of hydrogen-bond acceptors (Lipinski definition) is 3. The van der Waals surface area contributed by atoms with Gasteiger partial charge in [-0.3, -0.25) is 4.79 Å². The Morgan fingerprint density at radius 3 is 2.44 bits per heavy atom. The second-order valence-corrected chi connectivity index (χ2v) is 5.76. The largest absolute Gasteiger partial charge is 0.396 e. The normalized spacial score (nSPS) is 29.4. The standard InChI is InChI=1S/C14H26N2O2/c17-10-11-5-1-4-8-13(11)16-14(18)9-15-12-6-2-3-7-12/h11-13,15,17H,1-10H2,(H,16,18). The van der Waals surface area contributed by atoms with Gasteiger partial charge < -0.3 is 15.7 Å². The van der Waals surface area contributed by atoms with Crippen molar-refractivity contribution in [3.63, 3.8) is 0 Å². The lowest BCUT2D eigenvalue weighted by Gasteiger charge is -2.31. The number of carbonyl (C=O) groups excluding carboxylic acids is 1. The van der Waals surface area contributed by atoms with Crippen molar-refractivity contribution in [2.45, 2.75) is 63.5 Å². The first-order valence-electron chi connectivity index (χ1n) is 7.43. The van der Waals surface area contributed by atoms with Gasteiger partial charge in [0.15, 0.2) is 0 Å². The maximum atomic E-state index is 11.9. The summed E-state index contributed by atoms with van der Waals surface area (Å²) >= 11 is 0. The smallest absolute Gasteiger partial charge is 0.234 e. The fourth-order valence-electron chi connectivity index (χ4n) is 3.24. The van der Waals surface area contributed by atoms with E-state index in [1.807, 2.05) is 0 Å². The molecule has 0 aromatic heterocycles. The summed E-state index contributed by atoms with van der Waals surface area (Å²) < 4.78 is 0. The third-order valence-electron chi connectivity index (χ3n) is 4.40. The van der Waals surface area contributed by atoms with E-state index < -0.39 is 0 Å². The molecule has 0 heterocycles. The van der Waals surface area contributed by atoms with Gasteiger partial charge in [-0.05, 0) is 25.7 Å². The van der Waals surface area contributed by atoms with Crippen molar-refractivity contribution in [3.8, 4) is 0 Å². The van der Waals surface area contributed by atoms with Crippen molar-refractivity contribution in [3.05, 3.63) is 0 Å². The van der Waals surface area contributed by atoms with Crippen molar-refractivity contribution >= 4 is 5.91 Å². The zero-order chi connectivity index (χ0) is 12.8. The summed E-state index contributed by atoms with van der Waals surface area (Å²) in [5, 5.41) is 15.7. The van der Waals surface area contributed by atoms with Gasteiger partial charge in [-0.2, -0.15) is 0 Å². The number of rotatable bonds is 5. The Balaban J connectivity index is 1.68. The van der Waals surface area contributed by atoms with E-state index in [4.69, 9.17) is 0 Å². The topological polar surface area (TPSA) is 61.4 Å². The van der Waals surface area contributed by atoms with Crippen LogP contribution in [0.4, 0.5) is 0 Å². The number of carbonyl (C=O) groups is 1. The molecule has 1 amide bonds. The van der Waals surface area contributed by atoms with Gasteiger partial charge in [-0.25, -0.2) is 0 Å². The number of hydrogen-bond donors (Lipinski definition) is 3. The Labute approximate surface area is 110 Å². The molecule has 4 heteroatoms. The minimum Gasteiger partial charge on any atom is -0.396 e. The maximum Gasteiger partial charge on any atom is 0.234 e. The lowest BCUT2D eigenvalue weighted by Crippen LogP contribution is -2.47.